The van der Waals surface area contributed by atoms with Gasteiger partial charge in [0.05, 0.1) is 36.6 Å². The highest BCUT2D eigenvalue weighted by molar-refractivity contribution is 8.15. The lowest BCUT2D eigenvalue weighted by molar-refractivity contribution is -0.136. The summed E-state index contributed by atoms with van der Waals surface area (Å²) in [6.45, 7) is 9.85. The SMILES string of the molecule is C.[C-]#[N+]c1ccc(/C(F)=C/c2ccc(F)c([C@@]3(C)N=C(N)S[C@@]4(C(=O)N5CCO[C@@H]6C[C@@H]65)C[C@H]43)c2)nc1. The summed E-state index contributed by atoms with van der Waals surface area (Å²) in [5.74, 6) is -1.32. The van der Waals surface area contributed by atoms with E-state index in [0.29, 0.717) is 30.8 Å². The molecule has 0 spiro atoms. The van der Waals surface area contributed by atoms with Gasteiger partial charge in [0.15, 0.2) is 5.17 Å². The number of nitrogens with zero attached hydrogens (tertiary/aromatic N) is 4. The van der Waals surface area contributed by atoms with Crippen LogP contribution in [0.3, 0.4) is 0 Å². The maximum atomic E-state index is 15.2. The van der Waals surface area contributed by atoms with Gasteiger partial charge in [0.1, 0.15) is 16.4 Å². The molecule has 0 radical (unpaired) electrons. The van der Waals surface area contributed by atoms with Gasteiger partial charge < -0.3 is 15.4 Å². The third-order valence-electron chi connectivity index (χ3n) is 7.56. The zero-order chi connectivity index (χ0) is 25.2. The van der Waals surface area contributed by atoms with Gasteiger partial charge >= 0.3 is 0 Å². The summed E-state index contributed by atoms with van der Waals surface area (Å²) < 4.78 is 35.0. The maximum absolute atomic E-state index is 15.2. The van der Waals surface area contributed by atoms with Crippen LogP contribution in [0.5, 0.6) is 0 Å². The number of fused-ring (bicyclic) bond motifs is 2. The molecule has 37 heavy (non-hydrogen) atoms. The highest BCUT2D eigenvalue weighted by Crippen LogP contribution is 2.67. The number of carbonyl (C=O) groups excluding carboxylic acids is 1. The lowest BCUT2D eigenvalue weighted by atomic mass is 9.84. The van der Waals surface area contributed by atoms with Gasteiger partial charge in [-0.15, -0.1) is 0 Å². The Morgan fingerprint density at radius 2 is 2.19 bits per heavy atom. The van der Waals surface area contributed by atoms with Gasteiger partial charge in [0.25, 0.3) is 0 Å². The zero-order valence-corrected chi connectivity index (χ0v) is 20.3. The third kappa shape index (κ3) is 4.10. The lowest BCUT2D eigenvalue weighted by Gasteiger charge is -2.37. The van der Waals surface area contributed by atoms with E-state index >= 15 is 4.39 Å². The quantitative estimate of drug-likeness (QED) is 0.576. The molecule has 2 N–H and O–H groups in total. The summed E-state index contributed by atoms with van der Waals surface area (Å²) in [5.41, 5.74) is 6.25. The Morgan fingerprint density at radius 3 is 2.92 bits per heavy atom. The van der Waals surface area contributed by atoms with Gasteiger partial charge in [-0.3, -0.25) is 14.8 Å². The van der Waals surface area contributed by atoms with E-state index in [1.807, 2.05) is 4.90 Å². The topological polar surface area (TPSA) is 85.2 Å². The Morgan fingerprint density at radius 1 is 1.38 bits per heavy atom. The van der Waals surface area contributed by atoms with E-state index in [1.165, 1.54) is 48.3 Å². The average Bonchev–Trinajstić information content (AvgIpc) is 3.79. The van der Waals surface area contributed by atoms with Crippen LogP contribution in [0.1, 0.15) is 44.0 Å². The van der Waals surface area contributed by atoms with Crippen LogP contribution in [-0.2, 0) is 15.1 Å². The number of amides is 1. The number of morpholine rings is 1. The van der Waals surface area contributed by atoms with Crippen molar-refractivity contribution in [3.05, 3.63) is 70.6 Å². The van der Waals surface area contributed by atoms with Crippen LogP contribution in [-0.4, -0.2) is 51.0 Å². The minimum Gasteiger partial charge on any atom is -0.378 e. The van der Waals surface area contributed by atoms with Crippen molar-refractivity contribution in [3.8, 4) is 0 Å². The first-order chi connectivity index (χ1) is 17.2. The van der Waals surface area contributed by atoms with Crippen LogP contribution in [0, 0.1) is 18.3 Å². The Bertz CT molecular complexity index is 1370. The molecule has 192 valence electrons. The normalized spacial score (nSPS) is 31.7. The van der Waals surface area contributed by atoms with Crippen molar-refractivity contribution in [1.29, 1.82) is 0 Å². The highest BCUT2D eigenvalue weighted by Gasteiger charge is 2.72. The molecule has 1 aromatic carbocycles. The zero-order valence-electron chi connectivity index (χ0n) is 19.4. The molecule has 10 heteroatoms. The molecule has 1 saturated heterocycles. The molecule has 6 rings (SSSR count). The third-order valence-corrected chi connectivity index (χ3v) is 8.85. The van der Waals surface area contributed by atoms with Crippen LogP contribution < -0.4 is 5.73 Å². The predicted octanol–water partition coefficient (Wildman–Crippen LogP) is 4.91. The summed E-state index contributed by atoms with van der Waals surface area (Å²) in [5, 5.41) is 0.246. The van der Waals surface area contributed by atoms with Crippen molar-refractivity contribution in [2.45, 2.75) is 49.6 Å². The fourth-order valence-corrected chi connectivity index (χ4v) is 6.95. The van der Waals surface area contributed by atoms with E-state index in [0.717, 1.165) is 6.42 Å². The smallest absolute Gasteiger partial charge is 0.240 e. The van der Waals surface area contributed by atoms with E-state index in [1.54, 1.807) is 13.0 Å². The van der Waals surface area contributed by atoms with Gasteiger partial charge in [-0.25, -0.2) is 13.6 Å². The molecule has 2 saturated carbocycles. The molecule has 0 unspecified atom stereocenters. The van der Waals surface area contributed by atoms with E-state index in [4.69, 9.17) is 17.0 Å². The van der Waals surface area contributed by atoms with Crippen molar-refractivity contribution in [1.82, 2.24) is 9.88 Å². The van der Waals surface area contributed by atoms with Gasteiger partial charge in [0, 0.05) is 24.2 Å². The Kier molecular flexibility index (Phi) is 6.12. The van der Waals surface area contributed by atoms with Crippen LogP contribution in [0.15, 0.2) is 41.5 Å². The minimum atomic E-state index is -1.07. The molecular weight excluding hydrogens is 496 g/mol. The monoisotopic (exact) mass is 523 g/mol. The van der Waals surface area contributed by atoms with Crippen molar-refractivity contribution in [2.24, 2.45) is 16.6 Å². The Labute approximate surface area is 218 Å². The van der Waals surface area contributed by atoms with Gasteiger partial charge in [-0.2, -0.15) is 0 Å². The van der Waals surface area contributed by atoms with Crippen LogP contribution in [0.25, 0.3) is 16.7 Å². The maximum Gasteiger partial charge on any atom is 0.240 e. The number of benzene rings is 1. The predicted molar refractivity (Wildman–Crippen MR) is 140 cm³/mol. The van der Waals surface area contributed by atoms with Crippen LogP contribution in [0.4, 0.5) is 14.5 Å². The van der Waals surface area contributed by atoms with E-state index in [2.05, 4.69) is 14.8 Å². The number of carbonyl (C=O) groups is 1. The second-order valence-electron chi connectivity index (χ2n) is 9.80. The molecule has 1 amide bonds. The molecule has 1 aromatic heterocycles. The number of amidine groups is 1. The number of thioether (sulfide) groups is 1. The molecule has 0 bridgehead atoms. The molecule has 3 fully saturated rings. The number of aliphatic imine (C=N–C) groups is 1. The number of pyridine rings is 1. The summed E-state index contributed by atoms with van der Waals surface area (Å²) in [4.78, 5) is 27.4. The van der Waals surface area contributed by atoms with Gasteiger partial charge in [0.2, 0.25) is 11.6 Å². The average molecular weight is 524 g/mol. The molecule has 2 aromatic rings. The van der Waals surface area contributed by atoms with Gasteiger partial charge in [-0.1, -0.05) is 31.3 Å². The van der Waals surface area contributed by atoms with E-state index < -0.39 is 21.9 Å². The minimum absolute atomic E-state index is 0. The molecule has 2 aliphatic carbocycles. The number of ether oxygens (including phenoxy) is 1. The molecule has 7 nitrogen and oxygen atoms in total. The summed E-state index contributed by atoms with van der Waals surface area (Å²) in [7, 11) is 0. The largest absolute Gasteiger partial charge is 0.378 e. The molecule has 2 aliphatic heterocycles. The van der Waals surface area contributed by atoms with Crippen molar-refractivity contribution < 1.29 is 18.3 Å². The van der Waals surface area contributed by atoms with Crippen LogP contribution in [0.2, 0.25) is 0 Å². The first-order valence-electron chi connectivity index (χ1n) is 11.7. The Hall–Kier alpha value is -3.29. The highest BCUT2D eigenvalue weighted by atomic mass is 32.2. The number of hydrogen-bond donors (Lipinski definition) is 1. The molecule has 3 heterocycles. The first-order valence-corrected chi connectivity index (χ1v) is 12.5. The number of halogens is 2. The number of hydrogen-bond acceptors (Lipinski definition) is 6. The second-order valence-corrected chi connectivity index (χ2v) is 11.2. The standard InChI is InChI=1S/C26H23F2N5O2S.CH4/c1-25(16-9-14(3-5-17(16)27)10-18(28)19-6-4-15(30-2)13-31-19)22-12-26(22,36-24(29)32-25)23(34)33-7-8-35-21-11-20(21)33;/h3-6,9-10,13,20-22H,7-8,11-12H2,1H3,(H2,29,32);1H4/b18-10-;/t20-,21+,22-,25+,26-;/m0./s1. The van der Waals surface area contributed by atoms with Crippen molar-refractivity contribution in [2.75, 3.05) is 13.2 Å². The molecular formula is C27H27F2N5O2S. The number of nitrogens with two attached hydrogens (primary N) is 1. The van der Waals surface area contributed by atoms with E-state index in [-0.39, 0.29) is 47.8 Å². The van der Waals surface area contributed by atoms with Crippen LogP contribution >= 0.6 is 11.8 Å². The van der Waals surface area contributed by atoms with E-state index in [9.17, 15) is 9.18 Å². The first kappa shape index (κ1) is 25.4. The number of rotatable bonds is 4. The second kappa shape index (κ2) is 8.92. The van der Waals surface area contributed by atoms with Crippen molar-refractivity contribution >= 4 is 40.4 Å². The summed E-state index contributed by atoms with van der Waals surface area (Å²) in [6.07, 6.45) is 4.07. The van der Waals surface area contributed by atoms with Gasteiger partial charge in [-0.05, 0) is 49.6 Å². The summed E-state index contributed by atoms with van der Waals surface area (Å²) in [6, 6.07) is 7.35. The fraction of sp³-hybridized carbons (Fsp3) is 0.407. The number of aromatic nitrogens is 1. The Balaban J connectivity index is 0.00000280. The fourth-order valence-electron chi connectivity index (χ4n) is 5.52. The lowest BCUT2D eigenvalue weighted by Crippen LogP contribution is -2.50. The molecule has 4 aliphatic rings. The molecule has 5 atom stereocenters. The summed E-state index contributed by atoms with van der Waals surface area (Å²) >= 11 is 1.28. The van der Waals surface area contributed by atoms with Crippen molar-refractivity contribution in [3.63, 3.8) is 0 Å².